The third-order valence-corrected chi connectivity index (χ3v) is 1.45. The summed E-state index contributed by atoms with van der Waals surface area (Å²) >= 11 is 0. The number of aryl methyl sites for hydroxylation is 2. The third kappa shape index (κ3) is 2.33. The largest absolute Gasteiger partial charge is 0.339 e. The van der Waals surface area contributed by atoms with Crippen molar-refractivity contribution in [2.24, 2.45) is 0 Å². The molecule has 0 bridgehead atoms. The molecule has 1 rings (SSSR count). The van der Waals surface area contributed by atoms with Crippen molar-refractivity contribution >= 4 is 0 Å². The molecular weight excluding hydrogens is 140 g/mol. The van der Waals surface area contributed by atoms with Gasteiger partial charge in [0.2, 0.25) is 5.89 Å². The number of hydrogen-bond acceptors (Lipinski definition) is 3. The van der Waals surface area contributed by atoms with Crippen LogP contribution in [0.4, 0.5) is 0 Å². The highest BCUT2D eigenvalue weighted by atomic mass is 16.5. The highest BCUT2D eigenvalue weighted by Gasteiger charge is 2.02. The second-order valence-electron chi connectivity index (χ2n) is 2.60. The van der Waals surface area contributed by atoms with Crippen LogP contribution >= 0.6 is 0 Å². The van der Waals surface area contributed by atoms with Crippen LogP contribution in [0.15, 0.2) is 4.52 Å². The van der Waals surface area contributed by atoms with Gasteiger partial charge in [0.1, 0.15) is 0 Å². The Morgan fingerprint density at radius 1 is 1.18 bits per heavy atom. The minimum absolute atomic E-state index is 0.774. The van der Waals surface area contributed by atoms with Gasteiger partial charge in [-0.1, -0.05) is 19.0 Å². The second kappa shape index (κ2) is 4.11. The van der Waals surface area contributed by atoms with Crippen LogP contribution in [0.1, 0.15) is 38.4 Å². The lowest BCUT2D eigenvalue weighted by Gasteiger charge is -1.84. The van der Waals surface area contributed by atoms with Crippen molar-refractivity contribution in [1.82, 2.24) is 10.1 Å². The van der Waals surface area contributed by atoms with Crippen LogP contribution in [0.3, 0.4) is 0 Å². The Balaban J connectivity index is 2.51. The molecule has 0 saturated heterocycles. The monoisotopic (exact) mass is 154 g/mol. The zero-order chi connectivity index (χ0) is 8.10. The molecule has 3 nitrogen and oxygen atoms in total. The quantitative estimate of drug-likeness (QED) is 0.665. The SMILES string of the molecule is CCCc1noc(CCC)n1. The molecule has 0 aliphatic rings. The fourth-order valence-corrected chi connectivity index (χ4v) is 0.931. The molecule has 0 aromatic carbocycles. The molecule has 0 aliphatic carbocycles. The number of nitrogens with zero attached hydrogens (tertiary/aromatic N) is 2. The van der Waals surface area contributed by atoms with Gasteiger partial charge in [0, 0.05) is 12.8 Å². The van der Waals surface area contributed by atoms with Gasteiger partial charge in [-0.25, -0.2) is 0 Å². The molecule has 0 atom stereocenters. The van der Waals surface area contributed by atoms with Crippen LogP contribution in [0.2, 0.25) is 0 Å². The molecule has 0 unspecified atom stereocenters. The molecule has 0 radical (unpaired) electrons. The van der Waals surface area contributed by atoms with Crippen LogP contribution in [-0.4, -0.2) is 10.1 Å². The summed E-state index contributed by atoms with van der Waals surface area (Å²) in [6, 6.07) is 0. The standard InChI is InChI=1S/C8H14N2O/c1-3-5-7-9-8(6-4-2)11-10-7/h3-6H2,1-2H3. The van der Waals surface area contributed by atoms with E-state index in [0.29, 0.717) is 0 Å². The molecule has 1 aromatic heterocycles. The molecule has 62 valence electrons. The predicted molar refractivity (Wildman–Crippen MR) is 42.3 cm³/mol. The normalized spacial score (nSPS) is 10.4. The minimum Gasteiger partial charge on any atom is -0.339 e. The summed E-state index contributed by atoms with van der Waals surface area (Å²) in [7, 11) is 0. The Bertz CT molecular complexity index is 187. The summed E-state index contributed by atoms with van der Waals surface area (Å²) in [6.45, 7) is 4.21. The fourth-order valence-electron chi connectivity index (χ4n) is 0.931. The maximum absolute atomic E-state index is 5.00. The van der Waals surface area contributed by atoms with E-state index in [1.165, 1.54) is 0 Å². The minimum atomic E-state index is 0.774. The second-order valence-corrected chi connectivity index (χ2v) is 2.60. The molecule has 0 fully saturated rings. The van der Waals surface area contributed by atoms with Gasteiger partial charge in [0.15, 0.2) is 5.82 Å². The first-order chi connectivity index (χ1) is 5.36. The number of hydrogen-bond donors (Lipinski definition) is 0. The van der Waals surface area contributed by atoms with Gasteiger partial charge in [0.05, 0.1) is 0 Å². The van der Waals surface area contributed by atoms with E-state index in [9.17, 15) is 0 Å². The summed E-state index contributed by atoms with van der Waals surface area (Å²) in [5.74, 6) is 1.62. The van der Waals surface area contributed by atoms with E-state index in [4.69, 9.17) is 4.52 Å². The first-order valence-corrected chi connectivity index (χ1v) is 4.18. The van der Waals surface area contributed by atoms with Crippen molar-refractivity contribution in [1.29, 1.82) is 0 Å². The molecule has 0 aliphatic heterocycles. The summed E-state index contributed by atoms with van der Waals surface area (Å²) in [5.41, 5.74) is 0. The molecule has 3 heteroatoms. The van der Waals surface area contributed by atoms with Gasteiger partial charge in [0.25, 0.3) is 0 Å². The Morgan fingerprint density at radius 2 is 1.91 bits per heavy atom. The Morgan fingerprint density at radius 3 is 2.55 bits per heavy atom. The van der Waals surface area contributed by atoms with Crippen molar-refractivity contribution < 1.29 is 4.52 Å². The first kappa shape index (κ1) is 8.24. The molecular formula is C8H14N2O. The fraction of sp³-hybridized carbons (Fsp3) is 0.750. The van der Waals surface area contributed by atoms with E-state index < -0.39 is 0 Å². The number of rotatable bonds is 4. The summed E-state index contributed by atoms with van der Waals surface area (Å²) in [6.07, 6.45) is 3.96. The summed E-state index contributed by atoms with van der Waals surface area (Å²) in [5, 5.41) is 3.84. The lowest BCUT2D eigenvalue weighted by Crippen LogP contribution is -1.87. The van der Waals surface area contributed by atoms with Crippen molar-refractivity contribution in [3.05, 3.63) is 11.7 Å². The van der Waals surface area contributed by atoms with Crippen molar-refractivity contribution in [3.63, 3.8) is 0 Å². The van der Waals surface area contributed by atoms with Crippen LogP contribution in [0, 0.1) is 0 Å². The van der Waals surface area contributed by atoms with Gasteiger partial charge in [-0.15, -0.1) is 0 Å². The highest BCUT2D eigenvalue weighted by Crippen LogP contribution is 2.01. The molecule has 11 heavy (non-hydrogen) atoms. The molecule has 0 N–H and O–H groups in total. The smallest absolute Gasteiger partial charge is 0.226 e. The molecule has 0 amide bonds. The Labute approximate surface area is 66.8 Å². The Hall–Kier alpha value is -0.860. The summed E-state index contributed by atoms with van der Waals surface area (Å²) < 4.78 is 5.00. The van der Waals surface area contributed by atoms with Gasteiger partial charge < -0.3 is 4.52 Å². The average molecular weight is 154 g/mol. The highest BCUT2D eigenvalue weighted by molar-refractivity contribution is 4.85. The van der Waals surface area contributed by atoms with Crippen molar-refractivity contribution in [3.8, 4) is 0 Å². The van der Waals surface area contributed by atoms with Crippen molar-refractivity contribution in [2.75, 3.05) is 0 Å². The van der Waals surface area contributed by atoms with E-state index >= 15 is 0 Å². The van der Waals surface area contributed by atoms with Crippen LogP contribution < -0.4 is 0 Å². The first-order valence-electron chi connectivity index (χ1n) is 4.18. The van der Waals surface area contributed by atoms with Gasteiger partial charge >= 0.3 is 0 Å². The van der Waals surface area contributed by atoms with Crippen LogP contribution in [0.25, 0.3) is 0 Å². The zero-order valence-electron chi connectivity index (χ0n) is 7.13. The van der Waals surface area contributed by atoms with Crippen LogP contribution in [0.5, 0.6) is 0 Å². The summed E-state index contributed by atoms with van der Waals surface area (Å²) in [4.78, 5) is 4.21. The van der Waals surface area contributed by atoms with E-state index in [1.807, 2.05) is 0 Å². The average Bonchev–Trinajstić information content (AvgIpc) is 2.38. The van der Waals surface area contributed by atoms with Crippen molar-refractivity contribution in [2.45, 2.75) is 39.5 Å². The lowest BCUT2D eigenvalue weighted by molar-refractivity contribution is 0.372. The molecule has 1 heterocycles. The van der Waals surface area contributed by atoms with E-state index in [1.54, 1.807) is 0 Å². The lowest BCUT2D eigenvalue weighted by atomic mass is 10.3. The van der Waals surface area contributed by atoms with E-state index in [2.05, 4.69) is 24.0 Å². The molecule has 0 saturated carbocycles. The van der Waals surface area contributed by atoms with Gasteiger partial charge in [-0.2, -0.15) is 4.98 Å². The maximum atomic E-state index is 5.00. The van der Waals surface area contributed by atoms with E-state index in [0.717, 1.165) is 37.4 Å². The third-order valence-electron chi connectivity index (χ3n) is 1.45. The maximum Gasteiger partial charge on any atom is 0.226 e. The van der Waals surface area contributed by atoms with Crippen LogP contribution in [-0.2, 0) is 12.8 Å². The molecule has 1 aromatic rings. The Kier molecular flexibility index (Phi) is 3.08. The number of aromatic nitrogens is 2. The predicted octanol–water partition coefficient (Wildman–Crippen LogP) is 1.97. The van der Waals surface area contributed by atoms with Gasteiger partial charge in [-0.3, -0.25) is 0 Å². The topological polar surface area (TPSA) is 38.9 Å². The van der Waals surface area contributed by atoms with Gasteiger partial charge in [-0.05, 0) is 12.8 Å². The zero-order valence-corrected chi connectivity index (χ0v) is 7.13. The molecule has 0 spiro atoms. The van der Waals surface area contributed by atoms with E-state index in [-0.39, 0.29) is 0 Å².